The van der Waals surface area contributed by atoms with Gasteiger partial charge in [0.15, 0.2) is 0 Å². The fourth-order valence-electron chi connectivity index (χ4n) is 2.71. The second-order valence-corrected chi connectivity index (χ2v) is 5.71. The second-order valence-electron chi connectivity index (χ2n) is 5.71. The normalized spacial score (nSPS) is 23.0. The number of hydrogen-bond acceptors (Lipinski definition) is 3. The first-order valence-corrected chi connectivity index (χ1v) is 6.45. The van der Waals surface area contributed by atoms with Gasteiger partial charge in [-0.1, -0.05) is 19.9 Å². The minimum atomic E-state index is -0.910. The van der Waals surface area contributed by atoms with Crippen molar-refractivity contribution in [3.63, 3.8) is 0 Å². The van der Waals surface area contributed by atoms with Gasteiger partial charge in [0.05, 0.1) is 18.9 Å². The summed E-state index contributed by atoms with van der Waals surface area (Å²) in [5.41, 5.74) is 0.206. The van der Waals surface area contributed by atoms with Crippen LogP contribution in [-0.4, -0.2) is 31.1 Å². The lowest BCUT2D eigenvalue weighted by Gasteiger charge is -2.18. The first-order chi connectivity index (χ1) is 9.30. The van der Waals surface area contributed by atoms with Crippen LogP contribution in [0.4, 0.5) is 5.69 Å². The molecule has 0 bridgehead atoms. The quantitative estimate of drug-likeness (QED) is 0.914. The van der Waals surface area contributed by atoms with Gasteiger partial charge in [-0.25, -0.2) is 0 Å². The summed E-state index contributed by atoms with van der Waals surface area (Å²) in [4.78, 5) is 25.1. The maximum atomic E-state index is 12.5. The van der Waals surface area contributed by atoms with Crippen LogP contribution >= 0.6 is 0 Å². The predicted octanol–water partition coefficient (Wildman–Crippen LogP) is 2.01. The van der Waals surface area contributed by atoms with Crippen LogP contribution in [0.3, 0.4) is 0 Å². The molecule has 1 fully saturated rings. The van der Waals surface area contributed by atoms with Crippen molar-refractivity contribution < 1.29 is 19.4 Å². The predicted molar refractivity (Wildman–Crippen MR) is 74.8 cm³/mol. The van der Waals surface area contributed by atoms with Crippen LogP contribution in [0.25, 0.3) is 0 Å². The van der Waals surface area contributed by atoms with E-state index in [-0.39, 0.29) is 5.91 Å². The zero-order valence-corrected chi connectivity index (χ0v) is 12.1. The Morgan fingerprint density at radius 3 is 2.45 bits per heavy atom. The van der Waals surface area contributed by atoms with E-state index in [1.54, 1.807) is 38.4 Å². The first kappa shape index (κ1) is 14.4. The van der Waals surface area contributed by atoms with Gasteiger partial charge in [0.25, 0.3) is 0 Å². The van der Waals surface area contributed by atoms with Crippen LogP contribution in [0.2, 0.25) is 0 Å². The van der Waals surface area contributed by atoms with E-state index in [1.165, 1.54) is 4.90 Å². The van der Waals surface area contributed by atoms with E-state index in [4.69, 9.17) is 9.84 Å². The zero-order valence-electron chi connectivity index (χ0n) is 12.1. The monoisotopic (exact) mass is 277 g/mol. The minimum Gasteiger partial charge on any atom is -0.497 e. The zero-order chi connectivity index (χ0) is 15.1. The van der Waals surface area contributed by atoms with Crippen LogP contribution < -0.4 is 9.64 Å². The number of ether oxygens (including phenoxy) is 1. The third-order valence-corrected chi connectivity index (χ3v) is 4.13. The fourth-order valence-corrected chi connectivity index (χ4v) is 2.71. The Morgan fingerprint density at radius 1 is 1.30 bits per heavy atom. The Labute approximate surface area is 118 Å². The molecular weight excluding hydrogens is 258 g/mol. The SMILES string of the molecule is COc1cccc(N(C)C(=O)[C@H]2[C@@H](C(=O)O)C2(C)C)c1. The number of methoxy groups -OCH3 is 1. The molecule has 0 heterocycles. The summed E-state index contributed by atoms with van der Waals surface area (Å²) in [5, 5.41) is 9.15. The Bertz CT molecular complexity index is 553. The van der Waals surface area contributed by atoms with Gasteiger partial charge >= 0.3 is 5.97 Å². The maximum absolute atomic E-state index is 12.5. The number of nitrogens with zero attached hydrogens (tertiary/aromatic N) is 1. The number of carbonyl (C=O) groups excluding carboxylic acids is 1. The van der Waals surface area contributed by atoms with Crippen molar-refractivity contribution in [2.75, 3.05) is 19.1 Å². The number of rotatable bonds is 4. The number of amides is 1. The van der Waals surface area contributed by atoms with Crippen molar-refractivity contribution in [1.82, 2.24) is 0 Å². The van der Waals surface area contributed by atoms with Crippen LogP contribution in [0.5, 0.6) is 5.75 Å². The molecule has 0 saturated heterocycles. The number of anilines is 1. The van der Waals surface area contributed by atoms with Crippen molar-refractivity contribution in [3.05, 3.63) is 24.3 Å². The largest absolute Gasteiger partial charge is 0.497 e. The molecule has 0 aromatic heterocycles. The highest BCUT2D eigenvalue weighted by molar-refractivity contribution is 6.01. The average Bonchev–Trinajstić information content (AvgIpc) is 3.00. The van der Waals surface area contributed by atoms with E-state index in [9.17, 15) is 9.59 Å². The fraction of sp³-hybridized carbons (Fsp3) is 0.467. The average molecular weight is 277 g/mol. The third-order valence-electron chi connectivity index (χ3n) is 4.13. The summed E-state index contributed by atoms with van der Waals surface area (Å²) in [6.45, 7) is 3.63. The molecule has 1 aliphatic rings. The lowest BCUT2D eigenvalue weighted by molar-refractivity contribution is -0.140. The van der Waals surface area contributed by atoms with Crippen LogP contribution in [0, 0.1) is 17.3 Å². The highest BCUT2D eigenvalue weighted by Gasteiger charge is 2.66. The molecule has 0 radical (unpaired) electrons. The topological polar surface area (TPSA) is 66.8 Å². The minimum absolute atomic E-state index is 0.171. The molecule has 1 saturated carbocycles. The van der Waals surface area contributed by atoms with Gasteiger partial charge in [0.2, 0.25) is 5.91 Å². The molecule has 5 heteroatoms. The number of benzene rings is 1. The van der Waals surface area contributed by atoms with Gasteiger partial charge in [0.1, 0.15) is 5.75 Å². The Morgan fingerprint density at radius 2 is 1.95 bits per heavy atom. The number of carboxylic acids is 1. The van der Waals surface area contributed by atoms with Crippen LogP contribution in [-0.2, 0) is 9.59 Å². The number of carbonyl (C=O) groups is 2. The van der Waals surface area contributed by atoms with Gasteiger partial charge in [0, 0.05) is 18.8 Å². The number of hydrogen-bond donors (Lipinski definition) is 1. The molecule has 1 aromatic carbocycles. The van der Waals surface area contributed by atoms with Gasteiger partial charge in [-0.05, 0) is 17.5 Å². The second kappa shape index (κ2) is 4.81. The maximum Gasteiger partial charge on any atom is 0.307 e. The van der Waals surface area contributed by atoms with Crippen molar-refractivity contribution in [2.45, 2.75) is 13.8 Å². The summed E-state index contributed by atoms with van der Waals surface area (Å²) in [7, 11) is 3.22. The number of aliphatic carboxylic acids is 1. The molecule has 5 nitrogen and oxygen atoms in total. The standard InChI is InChI=1S/C15H19NO4/c1-15(2)11(12(15)14(18)19)13(17)16(3)9-6-5-7-10(8-9)20-4/h5-8,11-12H,1-4H3,(H,18,19)/t11-,12+/m1/s1. The molecule has 1 aromatic rings. The smallest absolute Gasteiger partial charge is 0.307 e. The number of carboxylic acid groups (broad SMARTS) is 1. The summed E-state index contributed by atoms with van der Waals surface area (Å²) in [5.74, 6) is -1.51. The molecule has 1 N–H and O–H groups in total. The first-order valence-electron chi connectivity index (χ1n) is 6.45. The molecule has 2 atom stereocenters. The van der Waals surface area contributed by atoms with Gasteiger partial charge in [-0.15, -0.1) is 0 Å². The summed E-state index contributed by atoms with van der Waals surface area (Å²) in [6.07, 6.45) is 0. The molecule has 1 aliphatic carbocycles. The van der Waals surface area contributed by atoms with Gasteiger partial charge in [-0.3, -0.25) is 9.59 Å². The molecular formula is C15H19NO4. The summed E-state index contributed by atoms with van der Waals surface area (Å²) in [6, 6.07) is 7.14. The van der Waals surface area contributed by atoms with Crippen molar-refractivity contribution in [3.8, 4) is 5.75 Å². The molecule has 0 spiro atoms. The molecule has 1 amide bonds. The van der Waals surface area contributed by atoms with E-state index >= 15 is 0 Å². The van der Waals surface area contributed by atoms with Crippen molar-refractivity contribution in [1.29, 1.82) is 0 Å². The van der Waals surface area contributed by atoms with E-state index in [2.05, 4.69) is 0 Å². The van der Waals surface area contributed by atoms with E-state index < -0.39 is 23.2 Å². The molecule has 0 aliphatic heterocycles. The third kappa shape index (κ3) is 2.24. The molecule has 20 heavy (non-hydrogen) atoms. The van der Waals surface area contributed by atoms with Crippen LogP contribution in [0.15, 0.2) is 24.3 Å². The summed E-state index contributed by atoms with van der Waals surface area (Å²) >= 11 is 0. The van der Waals surface area contributed by atoms with Gasteiger partial charge < -0.3 is 14.7 Å². The van der Waals surface area contributed by atoms with E-state index in [1.807, 2.05) is 13.8 Å². The van der Waals surface area contributed by atoms with E-state index in [0.29, 0.717) is 11.4 Å². The lowest BCUT2D eigenvalue weighted by Crippen LogP contribution is -2.29. The Kier molecular flexibility index (Phi) is 3.46. The highest BCUT2D eigenvalue weighted by Crippen LogP contribution is 2.59. The Balaban J connectivity index is 2.19. The van der Waals surface area contributed by atoms with Crippen molar-refractivity contribution in [2.24, 2.45) is 17.3 Å². The molecule has 2 rings (SSSR count). The molecule has 108 valence electrons. The Hall–Kier alpha value is -2.04. The summed E-state index contributed by atoms with van der Waals surface area (Å²) < 4.78 is 5.13. The van der Waals surface area contributed by atoms with Crippen molar-refractivity contribution >= 4 is 17.6 Å². The van der Waals surface area contributed by atoms with Crippen LogP contribution in [0.1, 0.15) is 13.8 Å². The highest BCUT2D eigenvalue weighted by atomic mass is 16.5. The van der Waals surface area contributed by atoms with Gasteiger partial charge in [-0.2, -0.15) is 0 Å². The lowest BCUT2D eigenvalue weighted by atomic mass is 10.1. The van der Waals surface area contributed by atoms with E-state index in [0.717, 1.165) is 0 Å². The molecule has 0 unspecified atom stereocenters.